The summed E-state index contributed by atoms with van der Waals surface area (Å²) in [5.41, 5.74) is 4.93. The van der Waals surface area contributed by atoms with Crippen LogP contribution in [0.15, 0.2) is 12.3 Å². The fraction of sp³-hybridized carbons (Fsp3) is 0.286. The van der Waals surface area contributed by atoms with Crippen molar-refractivity contribution in [1.29, 1.82) is 0 Å². The average molecular weight is 166 g/mol. The molecule has 0 atom stereocenters. The number of nitrogens with two attached hydrogens (primary N) is 1. The molecule has 1 heterocycles. The first-order valence-corrected chi connectivity index (χ1v) is 3.50. The van der Waals surface area contributed by atoms with E-state index in [1.54, 1.807) is 19.2 Å². The van der Waals surface area contributed by atoms with Crippen molar-refractivity contribution in [1.82, 2.24) is 9.97 Å². The zero-order valence-electron chi connectivity index (χ0n) is 6.74. The second-order valence-electron chi connectivity index (χ2n) is 2.31. The van der Waals surface area contributed by atoms with Gasteiger partial charge < -0.3 is 11.1 Å². The van der Waals surface area contributed by atoms with E-state index in [1.165, 1.54) is 0 Å². The maximum Gasteiger partial charge on any atom is 0.236 e. The molecule has 0 radical (unpaired) electrons. The molecule has 0 fully saturated rings. The Balaban J connectivity index is 2.57. The molecule has 0 aliphatic rings. The SMILES string of the molecule is Cc1nccc(NCC(N)=O)n1. The summed E-state index contributed by atoms with van der Waals surface area (Å²) >= 11 is 0. The molecule has 1 aromatic rings. The molecule has 5 nitrogen and oxygen atoms in total. The third kappa shape index (κ3) is 2.53. The smallest absolute Gasteiger partial charge is 0.236 e. The summed E-state index contributed by atoms with van der Waals surface area (Å²) in [5.74, 6) is 0.858. The van der Waals surface area contributed by atoms with Gasteiger partial charge in [0.05, 0.1) is 6.54 Å². The summed E-state index contributed by atoms with van der Waals surface area (Å²) in [4.78, 5) is 18.3. The third-order valence-electron chi connectivity index (χ3n) is 1.22. The maximum atomic E-state index is 10.4. The molecule has 0 unspecified atom stereocenters. The molecule has 1 rings (SSSR count). The number of amides is 1. The molecule has 3 N–H and O–H groups in total. The van der Waals surface area contributed by atoms with E-state index in [4.69, 9.17) is 5.73 Å². The number of anilines is 1. The van der Waals surface area contributed by atoms with Gasteiger partial charge >= 0.3 is 0 Å². The van der Waals surface area contributed by atoms with Crippen LogP contribution in [0.2, 0.25) is 0 Å². The first-order valence-electron chi connectivity index (χ1n) is 3.50. The van der Waals surface area contributed by atoms with Crippen LogP contribution in [0.1, 0.15) is 5.82 Å². The highest BCUT2D eigenvalue weighted by Gasteiger charge is 1.95. The van der Waals surface area contributed by atoms with Crippen molar-refractivity contribution in [3.05, 3.63) is 18.1 Å². The quantitative estimate of drug-likeness (QED) is 0.645. The fourth-order valence-corrected chi connectivity index (χ4v) is 0.732. The molecule has 5 heteroatoms. The fourth-order valence-electron chi connectivity index (χ4n) is 0.732. The molecule has 0 aromatic carbocycles. The molecule has 1 aromatic heterocycles. The Morgan fingerprint density at radius 1 is 1.75 bits per heavy atom. The van der Waals surface area contributed by atoms with E-state index in [9.17, 15) is 4.79 Å². The third-order valence-corrected chi connectivity index (χ3v) is 1.22. The second kappa shape index (κ2) is 3.66. The lowest BCUT2D eigenvalue weighted by Gasteiger charge is -2.01. The molecule has 12 heavy (non-hydrogen) atoms. The minimum absolute atomic E-state index is 0.0937. The Bertz CT molecular complexity index is 286. The van der Waals surface area contributed by atoms with E-state index in [2.05, 4.69) is 15.3 Å². The Morgan fingerprint density at radius 2 is 2.50 bits per heavy atom. The first-order chi connectivity index (χ1) is 5.68. The predicted molar refractivity (Wildman–Crippen MR) is 44.5 cm³/mol. The van der Waals surface area contributed by atoms with E-state index in [1.807, 2.05) is 0 Å². The number of nitrogens with zero attached hydrogens (tertiary/aromatic N) is 2. The van der Waals surface area contributed by atoms with Crippen molar-refractivity contribution < 1.29 is 4.79 Å². The monoisotopic (exact) mass is 166 g/mol. The van der Waals surface area contributed by atoms with Crippen LogP contribution in [-0.2, 0) is 4.79 Å². The number of carbonyl (C=O) groups is 1. The largest absolute Gasteiger partial charge is 0.368 e. The lowest BCUT2D eigenvalue weighted by molar-refractivity contribution is -0.116. The minimum Gasteiger partial charge on any atom is -0.368 e. The Kier molecular flexibility index (Phi) is 2.57. The zero-order valence-corrected chi connectivity index (χ0v) is 6.74. The first kappa shape index (κ1) is 8.45. The van der Waals surface area contributed by atoms with Crippen LogP contribution >= 0.6 is 0 Å². The molecule has 0 aliphatic carbocycles. The van der Waals surface area contributed by atoms with Gasteiger partial charge in [0, 0.05) is 6.20 Å². The normalized spacial score (nSPS) is 9.42. The van der Waals surface area contributed by atoms with Gasteiger partial charge in [0.1, 0.15) is 11.6 Å². The average Bonchev–Trinajstić information content (AvgIpc) is 2.01. The van der Waals surface area contributed by atoms with Gasteiger partial charge in [-0.1, -0.05) is 0 Å². The molecule has 64 valence electrons. The van der Waals surface area contributed by atoms with Crippen LogP contribution in [0.3, 0.4) is 0 Å². The molecule has 1 amide bonds. The highest BCUT2D eigenvalue weighted by molar-refractivity contribution is 5.78. The lowest BCUT2D eigenvalue weighted by atomic mass is 10.5. The van der Waals surface area contributed by atoms with Gasteiger partial charge in [0.2, 0.25) is 5.91 Å². The van der Waals surface area contributed by atoms with Crippen LogP contribution in [-0.4, -0.2) is 22.4 Å². The Hall–Kier alpha value is -1.65. The van der Waals surface area contributed by atoms with Gasteiger partial charge in [-0.2, -0.15) is 0 Å². The van der Waals surface area contributed by atoms with Crippen LogP contribution < -0.4 is 11.1 Å². The Morgan fingerprint density at radius 3 is 3.08 bits per heavy atom. The molecule has 0 saturated carbocycles. The number of primary amides is 1. The number of hydrogen-bond donors (Lipinski definition) is 2. The van der Waals surface area contributed by atoms with Gasteiger partial charge in [0.25, 0.3) is 0 Å². The summed E-state index contributed by atoms with van der Waals surface area (Å²) in [5, 5.41) is 2.76. The topological polar surface area (TPSA) is 80.9 Å². The highest BCUT2D eigenvalue weighted by atomic mass is 16.1. The zero-order chi connectivity index (χ0) is 8.97. The van der Waals surface area contributed by atoms with Crippen LogP contribution in [0.5, 0.6) is 0 Å². The number of aryl methyl sites for hydroxylation is 1. The molecule has 0 aliphatic heterocycles. The van der Waals surface area contributed by atoms with Crippen molar-refractivity contribution in [3.63, 3.8) is 0 Å². The van der Waals surface area contributed by atoms with Crippen LogP contribution in [0.25, 0.3) is 0 Å². The predicted octanol–water partition coefficient (Wildman–Crippen LogP) is -0.318. The van der Waals surface area contributed by atoms with Crippen molar-refractivity contribution in [2.45, 2.75) is 6.92 Å². The molecular formula is C7H10N4O. The number of nitrogens with one attached hydrogen (secondary N) is 1. The maximum absolute atomic E-state index is 10.4. The molecule has 0 saturated heterocycles. The van der Waals surface area contributed by atoms with Gasteiger partial charge in [-0.3, -0.25) is 4.79 Å². The van der Waals surface area contributed by atoms with Crippen LogP contribution in [0.4, 0.5) is 5.82 Å². The molecule has 0 spiro atoms. The van der Waals surface area contributed by atoms with Gasteiger partial charge in [-0.15, -0.1) is 0 Å². The van der Waals surface area contributed by atoms with E-state index in [-0.39, 0.29) is 6.54 Å². The minimum atomic E-state index is -0.411. The highest BCUT2D eigenvalue weighted by Crippen LogP contribution is 1.99. The van der Waals surface area contributed by atoms with Crippen LogP contribution in [0, 0.1) is 6.92 Å². The van der Waals surface area contributed by atoms with E-state index in [0.29, 0.717) is 11.6 Å². The summed E-state index contributed by atoms with van der Waals surface area (Å²) < 4.78 is 0. The van der Waals surface area contributed by atoms with Crippen molar-refractivity contribution in [3.8, 4) is 0 Å². The summed E-state index contributed by atoms with van der Waals surface area (Å²) in [6, 6.07) is 1.68. The molecule has 0 bridgehead atoms. The molecular weight excluding hydrogens is 156 g/mol. The van der Waals surface area contributed by atoms with Gasteiger partial charge in [-0.05, 0) is 13.0 Å². The van der Waals surface area contributed by atoms with Crippen molar-refractivity contribution in [2.75, 3.05) is 11.9 Å². The van der Waals surface area contributed by atoms with E-state index < -0.39 is 5.91 Å². The van der Waals surface area contributed by atoms with Gasteiger partial charge in [-0.25, -0.2) is 9.97 Å². The Labute approximate surface area is 70.0 Å². The number of carbonyl (C=O) groups excluding carboxylic acids is 1. The van der Waals surface area contributed by atoms with E-state index >= 15 is 0 Å². The second-order valence-corrected chi connectivity index (χ2v) is 2.31. The van der Waals surface area contributed by atoms with Gasteiger partial charge in [0.15, 0.2) is 0 Å². The van der Waals surface area contributed by atoms with Crippen molar-refractivity contribution in [2.24, 2.45) is 5.73 Å². The number of aromatic nitrogens is 2. The summed E-state index contributed by atoms with van der Waals surface area (Å²) in [6.45, 7) is 1.87. The summed E-state index contributed by atoms with van der Waals surface area (Å²) in [6.07, 6.45) is 1.62. The lowest BCUT2D eigenvalue weighted by Crippen LogP contribution is -2.22. The van der Waals surface area contributed by atoms with Crippen molar-refractivity contribution >= 4 is 11.7 Å². The standard InChI is InChI=1S/C7H10N4O/c1-5-9-3-2-7(11-5)10-4-6(8)12/h2-3H,4H2,1H3,(H2,8,12)(H,9,10,11). The van der Waals surface area contributed by atoms with E-state index in [0.717, 1.165) is 0 Å². The summed E-state index contributed by atoms with van der Waals surface area (Å²) in [7, 11) is 0. The number of hydrogen-bond acceptors (Lipinski definition) is 4. The number of rotatable bonds is 3.